The number of pyridine rings is 1. The average molecular weight is 478 g/mol. The molecule has 0 radical (unpaired) electrons. The van der Waals surface area contributed by atoms with Crippen LogP contribution in [-0.2, 0) is 4.79 Å². The van der Waals surface area contributed by atoms with Gasteiger partial charge in [0.25, 0.3) is 0 Å². The van der Waals surface area contributed by atoms with E-state index in [0.29, 0.717) is 11.1 Å². The number of ketones is 1. The first-order valence-corrected chi connectivity index (χ1v) is 9.86. The molecule has 4 rings (SSSR count). The Bertz CT molecular complexity index is 1350. The van der Waals surface area contributed by atoms with Crippen molar-refractivity contribution < 1.29 is 22.8 Å². The van der Waals surface area contributed by atoms with Gasteiger partial charge >= 0.3 is 12.1 Å². The number of amides is 1. The molecule has 0 spiro atoms. The van der Waals surface area contributed by atoms with Gasteiger partial charge in [0.15, 0.2) is 11.6 Å². The third-order valence-electron chi connectivity index (χ3n) is 4.60. The summed E-state index contributed by atoms with van der Waals surface area (Å²) in [6.45, 7) is 0. The predicted octanol–water partition coefficient (Wildman–Crippen LogP) is 6.04. The first-order valence-electron chi connectivity index (χ1n) is 9.10. The number of hydrogen-bond donors (Lipinski definition) is 1. The van der Waals surface area contributed by atoms with Crippen molar-refractivity contribution in [3.05, 3.63) is 88.0 Å². The van der Waals surface area contributed by atoms with E-state index in [9.17, 15) is 22.8 Å². The van der Waals surface area contributed by atoms with Crippen LogP contribution in [0.5, 0.6) is 0 Å². The van der Waals surface area contributed by atoms with Gasteiger partial charge in [0.05, 0.1) is 15.7 Å². The minimum Gasteiger partial charge on any atom is -0.301 e. The Balaban J connectivity index is 1.90. The van der Waals surface area contributed by atoms with Crippen molar-refractivity contribution in [1.29, 1.82) is 0 Å². The van der Waals surface area contributed by atoms with E-state index in [4.69, 9.17) is 23.2 Å². The minimum atomic E-state index is -5.11. The number of aromatic nitrogens is 2. The topological polar surface area (TPSA) is 63.5 Å². The highest BCUT2D eigenvalue weighted by Gasteiger charge is 2.39. The van der Waals surface area contributed by atoms with E-state index in [1.165, 1.54) is 40.9 Å². The summed E-state index contributed by atoms with van der Waals surface area (Å²) in [6, 6.07) is 15.9. The summed E-state index contributed by atoms with van der Waals surface area (Å²) < 4.78 is 40.0. The molecule has 0 atom stereocenters. The first kappa shape index (κ1) is 21.9. The highest BCUT2D eigenvalue weighted by molar-refractivity contribution is 6.42. The molecule has 0 fully saturated rings. The Morgan fingerprint density at radius 1 is 0.906 bits per heavy atom. The number of imidazole rings is 1. The fraction of sp³-hybridized carbons (Fsp3) is 0.0455. The van der Waals surface area contributed by atoms with E-state index < -0.39 is 12.1 Å². The molecular weight excluding hydrogens is 466 g/mol. The van der Waals surface area contributed by atoms with Gasteiger partial charge in [-0.2, -0.15) is 13.2 Å². The molecule has 0 saturated carbocycles. The zero-order valence-corrected chi connectivity index (χ0v) is 17.5. The van der Waals surface area contributed by atoms with Crippen LogP contribution in [0.15, 0.2) is 66.9 Å². The van der Waals surface area contributed by atoms with E-state index in [1.54, 1.807) is 35.6 Å². The maximum absolute atomic E-state index is 12.9. The number of anilines is 1. The quantitative estimate of drug-likeness (QED) is 0.364. The van der Waals surface area contributed by atoms with E-state index in [0.717, 1.165) is 0 Å². The lowest BCUT2D eigenvalue weighted by atomic mass is 10.1. The van der Waals surface area contributed by atoms with Gasteiger partial charge in [-0.1, -0.05) is 59.6 Å². The van der Waals surface area contributed by atoms with Crippen molar-refractivity contribution in [3.63, 3.8) is 0 Å². The highest BCUT2D eigenvalue weighted by atomic mass is 35.5. The van der Waals surface area contributed by atoms with Crippen LogP contribution in [0.3, 0.4) is 0 Å². The Hall–Kier alpha value is -3.36. The highest BCUT2D eigenvalue weighted by Crippen LogP contribution is 2.34. The SMILES string of the molecule is O=C(c1ccccc1)c1ccc2nc(NC(=O)C(F)(F)F)c(-c3ccc(Cl)c(Cl)c3)n2c1. The van der Waals surface area contributed by atoms with Crippen LogP contribution in [0.25, 0.3) is 16.9 Å². The van der Waals surface area contributed by atoms with Gasteiger partial charge in [-0.25, -0.2) is 4.98 Å². The minimum absolute atomic E-state index is 0.110. The summed E-state index contributed by atoms with van der Waals surface area (Å²) in [5, 5.41) is 2.19. The summed E-state index contributed by atoms with van der Waals surface area (Å²) in [6.07, 6.45) is -3.67. The molecule has 5 nitrogen and oxygen atoms in total. The number of nitrogens with one attached hydrogen (secondary N) is 1. The Kier molecular flexibility index (Phi) is 5.66. The van der Waals surface area contributed by atoms with Crippen LogP contribution in [-0.4, -0.2) is 27.3 Å². The van der Waals surface area contributed by atoms with Crippen molar-refractivity contribution >= 4 is 46.4 Å². The van der Waals surface area contributed by atoms with E-state index in [-0.39, 0.29) is 38.6 Å². The number of carbonyl (C=O) groups excluding carboxylic acids is 2. The van der Waals surface area contributed by atoms with Crippen molar-refractivity contribution in [3.8, 4) is 11.3 Å². The number of alkyl halides is 3. The Labute approximate surface area is 189 Å². The fourth-order valence-electron chi connectivity index (χ4n) is 3.12. The van der Waals surface area contributed by atoms with E-state index in [2.05, 4.69) is 4.98 Å². The molecule has 0 bridgehead atoms. The monoisotopic (exact) mass is 477 g/mol. The lowest BCUT2D eigenvalue weighted by Crippen LogP contribution is -2.30. The van der Waals surface area contributed by atoms with Crippen molar-refractivity contribution in [2.45, 2.75) is 6.18 Å². The van der Waals surface area contributed by atoms with Crippen LogP contribution in [0, 0.1) is 0 Å². The number of rotatable bonds is 4. The molecule has 1 N–H and O–H groups in total. The molecule has 2 aromatic carbocycles. The molecule has 0 aliphatic carbocycles. The molecule has 2 heterocycles. The van der Waals surface area contributed by atoms with E-state index in [1.807, 2.05) is 0 Å². The maximum atomic E-state index is 12.9. The summed E-state index contributed by atoms with van der Waals surface area (Å²) >= 11 is 12.1. The van der Waals surface area contributed by atoms with Crippen LogP contribution < -0.4 is 5.32 Å². The van der Waals surface area contributed by atoms with Gasteiger partial charge < -0.3 is 5.32 Å². The summed E-state index contributed by atoms with van der Waals surface area (Å²) in [4.78, 5) is 28.6. The summed E-state index contributed by atoms with van der Waals surface area (Å²) in [5.74, 6) is -2.81. The zero-order valence-electron chi connectivity index (χ0n) is 16.0. The number of fused-ring (bicyclic) bond motifs is 1. The molecule has 2 aromatic heterocycles. The lowest BCUT2D eigenvalue weighted by molar-refractivity contribution is -0.167. The number of hydrogen-bond acceptors (Lipinski definition) is 3. The van der Waals surface area contributed by atoms with Crippen molar-refractivity contribution in [1.82, 2.24) is 9.38 Å². The standard InChI is InChI=1S/C22H12Cl2F3N3O2/c23-15-8-6-13(10-16(15)24)18-20(29-21(32)22(25,26)27)28-17-9-7-14(11-30(17)18)19(31)12-4-2-1-3-5-12/h1-11H,(H,29,32). The second-order valence-electron chi connectivity index (χ2n) is 6.73. The van der Waals surface area contributed by atoms with Crippen molar-refractivity contribution in [2.75, 3.05) is 5.32 Å². The van der Waals surface area contributed by atoms with Gasteiger partial charge in [-0.3, -0.25) is 14.0 Å². The van der Waals surface area contributed by atoms with Crippen molar-refractivity contribution in [2.24, 2.45) is 0 Å². The first-order chi connectivity index (χ1) is 15.1. The number of halogens is 5. The third-order valence-corrected chi connectivity index (χ3v) is 5.34. The average Bonchev–Trinajstić information content (AvgIpc) is 3.12. The normalized spacial score (nSPS) is 11.5. The van der Waals surface area contributed by atoms with Gasteiger partial charge in [0.2, 0.25) is 0 Å². The smallest absolute Gasteiger partial charge is 0.301 e. The number of nitrogens with zero attached hydrogens (tertiary/aromatic N) is 2. The lowest BCUT2D eigenvalue weighted by Gasteiger charge is -2.10. The predicted molar refractivity (Wildman–Crippen MR) is 115 cm³/mol. The Morgan fingerprint density at radius 2 is 1.62 bits per heavy atom. The second-order valence-corrected chi connectivity index (χ2v) is 7.55. The summed E-state index contributed by atoms with van der Waals surface area (Å²) in [7, 11) is 0. The third kappa shape index (κ3) is 4.19. The van der Waals surface area contributed by atoms with Gasteiger partial charge in [-0.05, 0) is 24.3 Å². The molecular formula is C22H12Cl2F3N3O2. The molecule has 0 aliphatic rings. The van der Waals surface area contributed by atoms with Gasteiger partial charge in [0, 0.05) is 22.9 Å². The summed E-state index contributed by atoms with van der Waals surface area (Å²) in [5.41, 5.74) is 1.38. The molecule has 0 aliphatic heterocycles. The molecule has 10 heteroatoms. The van der Waals surface area contributed by atoms with Crippen LogP contribution in [0.4, 0.5) is 19.0 Å². The number of benzene rings is 2. The largest absolute Gasteiger partial charge is 0.471 e. The molecule has 162 valence electrons. The van der Waals surface area contributed by atoms with Gasteiger partial charge in [0.1, 0.15) is 5.65 Å². The van der Waals surface area contributed by atoms with Crippen LogP contribution in [0.1, 0.15) is 15.9 Å². The van der Waals surface area contributed by atoms with Crippen LogP contribution in [0.2, 0.25) is 10.0 Å². The number of carbonyl (C=O) groups is 2. The molecule has 0 saturated heterocycles. The second kappa shape index (κ2) is 8.29. The maximum Gasteiger partial charge on any atom is 0.471 e. The molecule has 0 unspecified atom stereocenters. The molecule has 1 amide bonds. The van der Waals surface area contributed by atoms with Gasteiger partial charge in [-0.15, -0.1) is 0 Å². The zero-order chi connectivity index (χ0) is 23.0. The molecule has 4 aromatic rings. The molecule has 32 heavy (non-hydrogen) atoms. The van der Waals surface area contributed by atoms with E-state index >= 15 is 0 Å². The van der Waals surface area contributed by atoms with Crippen LogP contribution >= 0.6 is 23.2 Å². The Morgan fingerprint density at radius 3 is 2.28 bits per heavy atom. The fourth-order valence-corrected chi connectivity index (χ4v) is 3.42.